The van der Waals surface area contributed by atoms with Crippen LogP contribution in [0.25, 0.3) is 5.82 Å². The second-order valence-electron chi connectivity index (χ2n) is 2.88. The van der Waals surface area contributed by atoms with Crippen LogP contribution in [-0.2, 0) is 0 Å². The van der Waals surface area contributed by atoms with Crippen LogP contribution in [0.4, 0.5) is 5.69 Å². The fraction of sp³-hybridized carbons (Fsp3) is 0.125. The number of nitrogens with two attached hydrogens (primary N) is 1. The van der Waals surface area contributed by atoms with Gasteiger partial charge in [-0.1, -0.05) is 16.8 Å². The van der Waals surface area contributed by atoms with Gasteiger partial charge in [0, 0.05) is 0 Å². The van der Waals surface area contributed by atoms with Crippen molar-refractivity contribution in [1.82, 2.24) is 20.0 Å². The minimum Gasteiger partial charge on any atom is -0.397 e. The zero-order valence-corrected chi connectivity index (χ0v) is 8.23. The zero-order chi connectivity index (χ0) is 10.1. The highest BCUT2D eigenvalue weighted by Gasteiger charge is 2.06. The minimum absolute atomic E-state index is 0.454. The van der Waals surface area contributed by atoms with Crippen molar-refractivity contribution in [3.05, 3.63) is 29.2 Å². The highest BCUT2D eigenvalue weighted by atomic mass is 35.5. The quantitative estimate of drug-likeness (QED) is 0.767. The van der Waals surface area contributed by atoms with Gasteiger partial charge in [-0.15, -0.1) is 5.10 Å². The first kappa shape index (κ1) is 8.96. The van der Waals surface area contributed by atoms with Gasteiger partial charge in [0.25, 0.3) is 0 Å². The lowest BCUT2D eigenvalue weighted by molar-refractivity contribution is 0.780. The Balaban J connectivity index is 2.52. The van der Waals surface area contributed by atoms with Crippen molar-refractivity contribution in [3.8, 4) is 5.82 Å². The number of aromatic nitrogens is 4. The van der Waals surface area contributed by atoms with Crippen molar-refractivity contribution >= 4 is 17.3 Å². The molecule has 14 heavy (non-hydrogen) atoms. The third-order valence-electron chi connectivity index (χ3n) is 1.67. The highest BCUT2D eigenvalue weighted by Crippen LogP contribution is 2.19. The zero-order valence-electron chi connectivity index (χ0n) is 7.48. The SMILES string of the molecule is Cc1cn(-c2ncc(N)cc2Cl)nn1. The molecule has 0 spiro atoms. The monoisotopic (exact) mass is 209 g/mol. The van der Waals surface area contributed by atoms with Crippen LogP contribution in [0.2, 0.25) is 5.02 Å². The van der Waals surface area contributed by atoms with E-state index in [4.69, 9.17) is 17.3 Å². The maximum Gasteiger partial charge on any atom is 0.174 e. The molecule has 2 rings (SSSR count). The summed E-state index contributed by atoms with van der Waals surface area (Å²) in [5.41, 5.74) is 6.85. The van der Waals surface area contributed by atoms with Crippen LogP contribution in [-0.4, -0.2) is 20.0 Å². The lowest BCUT2D eigenvalue weighted by atomic mass is 10.4. The van der Waals surface area contributed by atoms with Crippen LogP contribution in [0.5, 0.6) is 0 Å². The van der Waals surface area contributed by atoms with E-state index in [1.165, 1.54) is 10.9 Å². The van der Waals surface area contributed by atoms with E-state index in [-0.39, 0.29) is 0 Å². The van der Waals surface area contributed by atoms with Crippen LogP contribution in [0.15, 0.2) is 18.5 Å². The number of aryl methyl sites for hydroxylation is 1. The number of hydrogen-bond acceptors (Lipinski definition) is 4. The number of nitrogens with zero attached hydrogens (tertiary/aromatic N) is 4. The van der Waals surface area contributed by atoms with E-state index in [9.17, 15) is 0 Å². The van der Waals surface area contributed by atoms with Gasteiger partial charge < -0.3 is 5.73 Å². The number of rotatable bonds is 1. The van der Waals surface area contributed by atoms with Gasteiger partial charge in [-0.2, -0.15) is 0 Å². The Morgan fingerprint density at radius 1 is 1.50 bits per heavy atom. The van der Waals surface area contributed by atoms with Crippen molar-refractivity contribution in [2.75, 3.05) is 5.73 Å². The lowest BCUT2D eigenvalue weighted by Gasteiger charge is -2.01. The first-order chi connectivity index (χ1) is 6.66. The molecule has 0 saturated carbocycles. The molecule has 2 aromatic rings. The van der Waals surface area contributed by atoms with Gasteiger partial charge in [0.15, 0.2) is 5.82 Å². The molecule has 0 fully saturated rings. The highest BCUT2D eigenvalue weighted by molar-refractivity contribution is 6.32. The Bertz CT molecular complexity index is 465. The molecule has 0 saturated heterocycles. The Morgan fingerprint density at radius 2 is 2.29 bits per heavy atom. The summed E-state index contributed by atoms with van der Waals surface area (Å²) in [6.07, 6.45) is 3.27. The van der Waals surface area contributed by atoms with Gasteiger partial charge in [-0.25, -0.2) is 9.67 Å². The van der Waals surface area contributed by atoms with Crippen LogP contribution < -0.4 is 5.73 Å². The molecule has 0 atom stereocenters. The summed E-state index contributed by atoms with van der Waals surface area (Å²) in [5.74, 6) is 0.529. The number of nitrogen functional groups attached to an aromatic ring is 1. The van der Waals surface area contributed by atoms with Crippen molar-refractivity contribution < 1.29 is 0 Å². The molecule has 0 amide bonds. The Labute approximate surface area is 85.5 Å². The van der Waals surface area contributed by atoms with Crippen molar-refractivity contribution in [2.24, 2.45) is 0 Å². The molecule has 2 heterocycles. The molecule has 72 valence electrons. The fourth-order valence-corrected chi connectivity index (χ4v) is 1.33. The molecule has 0 aliphatic carbocycles. The van der Waals surface area contributed by atoms with Gasteiger partial charge in [0.2, 0.25) is 0 Å². The molecular formula is C8H8ClN5. The standard InChI is InChI=1S/C8H8ClN5/c1-5-4-14(13-12-5)8-7(9)2-6(10)3-11-8/h2-4H,10H2,1H3. The van der Waals surface area contributed by atoms with E-state index < -0.39 is 0 Å². The van der Waals surface area contributed by atoms with E-state index in [0.29, 0.717) is 16.5 Å². The smallest absolute Gasteiger partial charge is 0.174 e. The third kappa shape index (κ3) is 1.54. The minimum atomic E-state index is 0.454. The summed E-state index contributed by atoms with van der Waals surface area (Å²) in [6, 6.07) is 1.63. The van der Waals surface area contributed by atoms with Gasteiger partial charge in [-0.3, -0.25) is 0 Å². The summed E-state index contributed by atoms with van der Waals surface area (Å²) in [6.45, 7) is 1.84. The van der Waals surface area contributed by atoms with Crippen LogP contribution in [0.3, 0.4) is 0 Å². The molecule has 0 unspecified atom stereocenters. The maximum absolute atomic E-state index is 5.94. The molecule has 0 bridgehead atoms. The molecule has 5 nitrogen and oxygen atoms in total. The second-order valence-corrected chi connectivity index (χ2v) is 3.29. The van der Waals surface area contributed by atoms with E-state index in [0.717, 1.165) is 5.69 Å². The number of pyridine rings is 1. The molecule has 2 aromatic heterocycles. The second kappa shape index (κ2) is 3.26. The maximum atomic E-state index is 5.94. The largest absolute Gasteiger partial charge is 0.397 e. The topological polar surface area (TPSA) is 69.6 Å². The Morgan fingerprint density at radius 3 is 2.86 bits per heavy atom. The molecule has 0 aliphatic heterocycles. The van der Waals surface area contributed by atoms with Crippen LogP contribution in [0.1, 0.15) is 5.69 Å². The number of halogens is 1. The Hall–Kier alpha value is -1.62. The first-order valence-corrected chi connectivity index (χ1v) is 4.35. The van der Waals surface area contributed by atoms with Crippen molar-refractivity contribution in [2.45, 2.75) is 6.92 Å². The summed E-state index contributed by atoms with van der Waals surface area (Å²) in [4.78, 5) is 4.06. The van der Waals surface area contributed by atoms with E-state index in [2.05, 4.69) is 15.3 Å². The van der Waals surface area contributed by atoms with E-state index >= 15 is 0 Å². The average Bonchev–Trinajstić information content (AvgIpc) is 2.51. The number of anilines is 1. The summed E-state index contributed by atoms with van der Waals surface area (Å²) in [7, 11) is 0. The van der Waals surface area contributed by atoms with Gasteiger partial charge in [-0.05, 0) is 13.0 Å². The lowest BCUT2D eigenvalue weighted by Crippen LogP contribution is -2.00. The number of hydrogen-bond donors (Lipinski definition) is 1. The van der Waals surface area contributed by atoms with Gasteiger partial charge in [0.05, 0.1) is 28.8 Å². The predicted molar refractivity (Wildman–Crippen MR) is 53.3 cm³/mol. The molecule has 2 N–H and O–H groups in total. The molecular weight excluding hydrogens is 202 g/mol. The summed E-state index contributed by atoms with van der Waals surface area (Å²) in [5, 5.41) is 8.15. The normalized spacial score (nSPS) is 10.4. The predicted octanol–water partition coefficient (Wildman–Crippen LogP) is 1.21. The molecule has 0 aromatic carbocycles. The fourth-order valence-electron chi connectivity index (χ4n) is 1.06. The van der Waals surface area contributed by atoms with E-state index in [1.54, 1.807) is 12.3 Å². The first-order valence-electron chi connectivity index (χ1n) is 3.97. The molecule has 0 aliphatic rings. The van der Waals surface area contributed by atoms with Crippen molar-refractivity contribution in [3.63, 3.8) is 0 Å². The molecule has 6 heteroatoms. The Kier molecular flexibility index (Phi) is 2.09. The third-order valence-corrected chi connectivity index (χ3v) is 1.95. The van der Waals surface area contributed by atoms with Crippen molar-refractivity contribution in [1.29, 1.82) is 0 Å². The average molecular weight is 210 g/mol. The molecule has 0 radical (unpaired) electrons. The van der Waals surface area contributed by atoms with Crippen LogP contribution in [0, 0.1) is 6.92 Å². The summed E-state index contributed by atoms with van der Waals surface area (Å²) < 4.78 is 1.51. The van der Waals surface area contributed by atoms with Crippen LogP contribution >= 0.6 is 11.6 Å². The summed E-state index contributed by atoms with van der Waals surface area (Å²) >= 11 is 5.94. The van der Waals surface area contributed by atoms with Gasteiger partial charge in [0.1, 0.15) is 0 Å². The van der Waals surface area contributed by atoms with E-state index in [1.807, 2.05) is 6.92 Å². The van der Waals surface area contributed by atoms with Gasteiger partial charge >= 0.3 is 0 Å².